The first-order valence-electron chi connectivity index (χ1n) is 10.5. The van der Waals surface area contributed by atoms with Gasteiger partial charge in [0, 0.05) is 37.6 Å². The highest BCUT2D eigenvalue weighted by atomic mass is 35.5. The van der Waals surface area contributed by atoms with E-state index >= 15 is 0 Å². The smallest absolute Gasteiger partial charge is 0.261 e. The molecular formula is C24H28ClN3O5. The quantitative estimate of drug-likeness (QED) is 0.403. The van der Waals surface area contributed by atoms with E-state index in [9.17, 15) is 9.59 Å². The van der Waals surface area contributed by atoms with Crippen LogP contribution in [0.25, 0.3) is 0 Å². The number of amides is 2. The van der Waals surface area contributed by atoms with Gasteiger partial charge in [-0.05, 0) is 48.5 Å². The number of rotatable bonds is 12. The Morgan fingerprint density at radius 3 is 2.45 bits per heavy atom. The first-order chi connectivity index (χ1) is 16.0. The Balaban J connectivity index is 1.68. The Bertz CT molecular complexity index is 1020. The van der Waals surface area contributed by atoms with E-state index in [0.717, 1.165) is 5.69 Å². The average molecular weight is 474 g/mol. The van der Waals surface area contributed by atoms with Crippen LogP contribution in [0.3, 0.4) is 0 Å². The molecule has 0 saturated heterocycles. The van der Waals surface area contributed by atoms with Crippen molar-refractivity contribution in [1.82, 2.24) is 14.4 Å². The van der Waals surface area contributed by atoms with Crippen LogP contribution in [0.1, 0.15) is 11.5 Å². The van der Waals surface area contributed by atoms with Gasteiger partial charge in [0.1, 0.15) is 11.5 Å². The predicted molar refractivity (Wildman–Crippen MR) is 124 cm³/mol. The standard InChI is InChI=1S/C24H28ClN3O5/c1-26-11-3-5-20(26)15-28(16-22-6-4-13-32-22)23(29)17-27(12-14-31-2)24(30)18-33-21-9-7-19(25)8-10-21/h3-11,13H,12,14-18H2,1-2H3. The van der Waals surface area contributed by atoms with E-state index in [4.69, 9.17) is 25.5 Å². The number of hydrogen-bond acceptors (Lipinski definition) is 5. The van der Waals surface area contributed by atoms with Crippen molar-refractivity contribution < 1.29 is 23.5 Å². The maximum atomic E-state index is 13.3. The minimum absolute atomic E-state index is 0.0999. The summed E-state index contributed by atoms with van der Waals surface area (Å²) in [5, 5.41) is 0.580. The molecule has 0 unspecified atom stereocenters. The average Bonchev–Trinajstić information content (AvgIpc) is 3.47. The lowest BCUT2D eigenvalue weighted by molar-refractivity contribution is -0.143. The number of halogens is 1. The summed E-state index contributed by atoms with van der Waals surface area (Å²) in [5.74, 6) is 0.669. The van der Waals surface area contributed by atoms with E-state index in [1.165, 1.54) is 4.90 Å². The van der Waals surface area contributed by atoms with Crippen LogP contribution in [0.15, 0.2) is 65.4 Å². The number of carbonyl (C=O) groups excluding carboxylic acids is 2. The lowest BCUT2D eigenvalue weighted by Gasteiger charge is -2.27. The number of carbonyl (C=O) groups is 2. The molecule has 2 amide bonds. The maximum absolute atomic E-state index is 13.3. The molecule has 9 heteroatoms. The van der Waals surface area contributed by atoms with E-state index in [0.29, 0.717) is 36.2 Å². The highest BCUT2D eigenvalue weighted by Crippen LogP contribution is 2.16. The van der Waals surface area contributed by atoms with Gasteiger partial charge in [-0.1, -0.05) is 11.6 Å². The molecule has 0 aliphatic carbocycles. The van der Waals surface area contributed by atoms with Crippen molar-refractivity contribution in [3.05, 3.63) is 77.5 Å². The van der Waals surface area contributed by atoms with Crippen LogP contribution in [0.4, 0.5) is 0 Å². The van der Waals surface area contributed by atoms with Gasteiger partial charge < -0.3 is 28.3 Å². The summed E-state index contributed by atoms with van der Waals surface area (Å²) in [6.45, 7) is 0.951. The van der Waals surface area contributed by atoms with Crippen molar-refractivity contribution >= 4 is 23.4 Å². The zero-order valence-corrected chi connectivity index (χ0v) is 19.5. The molecule has 3 aromatic rings. The topological polar surface area (TPSA) is 77.2 Å². The molecule has 2 heterocycles. The number of hydrogen-bond donors (Lipinski definition) is 0. The number of benzene rings is 1. The number of methoxy groups -OCH3 is 1. The third-order valence-corrected chi connectivity index (χ3v) is 5.36. The van der Waals surface area contributed by atoms with Crippen LogP contribution >= 0.6 is 11.6 Å². The molecule has 0 saturated carbocycles. The van der Waals surface area contributed by atoms with Crippen molar-refractivity contribution in [1.29, 1.82) is 0 Å². The van der Waals surface area contributed by atoms with Gasteiger partial charge in [0.2, 0.25) is 5.91 Å². The summed E-state index contributed by atoms with van der Waals surface area (Å²) in [6.07, 6.45) is 3.50. The highest BCUT2D eigenvalue weighted by Gasteiger charge is 2.23. The molecule has 33 heavy (non-hydrogen) atoms. The highest BCUT2D eigenvalue weighted by molar-refractivity contribution is 6.30. The van der Waals surface area contributed by atoms with Gasteiger partial charge in [-0.2, -0.15) is 0 Å². The molecule has 176 valence electrons. The second-order valence-electron chi connectivity index (χ2n) is 7.49. The Kier molecular flexibility index (Phi) is 8.97. The summed E-state index contributed by atoms with van der Waals surface area (Å²) in [7, 11) is 3.47. The fraction of sp³-hybridized carbons (Fsp3) is 0.333. The lowest BCUT2D eigenvalue weighted by atomic mass is 10.3. The van der Waals surface area contributed by atoms with E-state index in [-0.39, 0.29) is 31.5 Å². The SMILES string of the molecule is COCCN(CC(=O)N(Cc1ccco1)Cc1cccn1C)C(=O)COc1ccc(Cl)cc1. The van der Waals surface area contributed by atoms with Crippen LogP contribution < -0.4 is 4.74 Å². The Hall–Kier alpha value is -3.23. The number of aromatic nitrogens is 1. The van der Waals surface area contributed by atoms with Crippen molar-refractivity contribution in [2.75, 3.05) is 33.4 Å². The maximum Gasteiger partial charge on any atom is 0.261 e. The number of ether oxygens (including phenoxy) is 2. The minimum Gasteiger partial charge on any atom is -0.484 e. The summed E-state index contributed by atoms with van der Waals surface area (Å²) in [6, 6.07) is 14.2. The molecule has 1 aromatic carbocycles. The van der Waals surface area contributed by atoms with E-state index in [1.54, 1.807) is 48.6 Å². The summed E-state index contributed by atoms with van der Waals surface area (Å²) in [5.41, 5.74) is 0.968. The van der Waals surface area contributed by atoms with Crippen LogP contribution in [-0.4, -0.2) is 59.6 Å². The molecule has 3 rings (SSSR count). The fourth-order valence-corrected chi connectivity index (χ4v) is 3.33. The Morgan fingerprint density at radius 1 is 1.03 bits per heavy atom. The van der Waals surface area contributed by atoms with Crippen LogP contribution in [0.5, 0.6) is 5.75 Å². The van der Waals surface area contributed by atoms with Gasteiger partial charge in [-0.25, -0.2) is 0 Å². The first kappa shape index (κ1) is 24.4. The van der Waals surface area contributed by atoms with E-state index < -0.39 is 0 Å². The lowest BCUT2D eigenvalue weighted by Crippen LogP contribution is -2.45. The molecule has 2 aromatic heterocycles. The van der Waals surface area contributed by atoms with Gasteiger partial charge >= 0.3 is 0 Å². The second kappa shape index (κ2) is 12.1. The molecule has 0 N–H and O–H groups in total. The minimum atomic E-state index is -0.313. The van der Waals surface area contributed by atoms with Crippen LogP contribution in [-0.2, 0) is 34.5 Å². The first-order valence-corrected chi connectivity index (χ1v) is 10.9. The third-order valence-electron chi connectivity index (χ3n) is 5.10. The Morgan fingerprint density at radius 2 is 1.82 bits per heavy atom. The third kappa shape index (κ3) is 7.40. The van der Waals surface area contributed by atoms with Crippen molar-refractivity contribution in [2.45, 2.75) is 13.1 Å². The molecule has 0 fully saturated rings. The molecule has 0 bridgehead atoms. The van der Waals surface area contributed by atoms with Crippen molar-refractivity contribution in [2.24, 2.45) is 7.05 Å². The monoisotopic (exact) mass is 473 g/mol. The number of aryl methyl sites for hydroxylation is 1. The number of furan rings is 1. The largest absolute Gasteiger partial charge is 0.484 e. The summed E-state index contributed by atoms with van der Waals surface area (Å²) < 4.78 is 18.1. The molecule has 0 aliphatic rings. The van der Waals surface area contributed by atoms with Gasteiger partial charge in [0.25, 0.3) is 5.91 Å². The second-order valence-corrected chi connectivity index (χ2v) is 7.93. The Labute approximate surface area is 198 Å². The molecule has 0 atom stereocenters. The van der Waals surface area contributed by atoms with Crippen LogP contribution in [0.2, 0.25) is 5.02 Å². The van der Waals surface area contributed by atoms with Crippen LogP contribution in [0, 0.1) is 0 Å². The van der Waals surface area contributed by atoms with Gasteiger partial charge in [-0.15, -0.1) is 0 Å². The zero-order chi connectivity index (χ0) is 23.6. The number of nitrogens with zero attached hydrogens (tertiary/aromatic N) is 3. The van der Waals surface area contributed by atoms with Gasteiger partial charge in [0.05, 0.1) is 32.5 Å². The van der Waals surface area contributed by atoms with Gasteiger partial charge in [0.15, 0.2) is 6.61 Å². The van der Waals surface area contributed by atoms with E-state index in [2.05, 4.69) is 0 Å². The molecule has 0 aliphatic heterocycles. The molecule has 8 nitrogen and oxygen atoms in total. The fourth-order valence-electron chi connectivity index (χ4n) is 3.20. The summed E-state index contributed by atoms with van der Waals surface area (Å²) >= 11 is 5.89. The van der Waals surface area contributed by atoms with E-state index in [1.807, 2.05) is 36.0 Å². The molecular weight excluding hydrogens is 446 g/mol. The zero-order valence-electron chi connectivity index (χ0n) is 18.8. The van der Waals surface area contributed by atoms with Crippen molar-refractivity contribution in [3.63, 3.8) is 0 Å². The molecule has 0 radical (unpaired) electrons. The molecule has 0 spiro atoms. The van der Waals surface area contributed by atoms with Crippen molar-refractivity contribution in [3.8, 4) is 5.75 Å². The van der Waals surface area contributed by atoms with Gasteiger partial charge in [-0.3, -0.25) is 9.59 Å². The normalized spacial score (nSPS) is 10.8. The predicted octanol–water partition coefficient (Wildman–Crippen LogP) is 3.35. The summed E-state index contributed by atoms with van der Waals surface area (Å²) in [4.78, 5) is 29.3.